The number of nitrogens with zero attached hydrogens (tertiary/aromatic N) is 1. The van der Waals surface area contributed by atoms with Gasteiger partial charge in [0.2, 0.25) is 10.0 Å². The lowest BCUT2D eigenvalue weighted by molar-refractivity contribution is 0.491. The van der Waals surface area contributed by atoms with Crippen LogP contribution in [0.3, 0.4) is 0 Å². The van der Waals surface area contributed by atoms with Crippen LogP contribution in [0.1, 0.15) is 26.3 Å². The maximum absolute atomic E-state index is 11.8. The Morgan fingerprint density at radius 3 is 2.33 bits per heavy atom. The van der Waals surface area contributed by atoms with Gasteiger partial charge in [0.05, 0.1) is 0 Å². The van der Waals surface area contributed by atoms with Gasteiger partial charge < -0.3 is 0 Å². The molecule has 1 aromatic heterocycles. The lowest BCUT2D eigenvalue weighted by atomic mass is 10.1. The van der Waals surface area contributed by atoms with E-state index in [0.717, 1.165) is 5.56 Å². The summed E-state index contributed by atoms with van der Waals surface area (Å²) in [5.41, 5.74) is 0.342. The Bertz CT molecular complexity index is 447. The topological polar surface area (TPSA) is 59.1 Å². The Balaban J connectivity index is 3.07. The lowest BCUT2D eigenvalue weighted by Crippen LogP contribution is -2.40. The predicted octanol–water partition coefficient (Wildman–Crippen LogP) is 1.47. The van der Waals surface area contributed by atoms with Gasteiger partial charge >= 0.3 is 0 Å². The van der Waals surface area contributed by atoms with Gasteiger partial charge in [0.1, 0.15) is 4.90 Å². The number of hydrogen-bond donors (Lipinski definition) is 1. The highest BCUT2D eigenvalue weighted by Gasteiger charge is 2.21. The Morgan fingerprint density at radius 2 is 1.87 bits per heavy atom. The van der Waals surface area contributed by atoms with Crippen LogP contribution in [0.2, 0.25) is 0 Å². The molecule has 0 amide bonds. The van der Waals surface area contributed by atoms with Gasteiger partial charge in [0.15, 0.2) is 0 Å². The summed E-state index contributed by atoms with van der Waals surface area (Å²) in [6.07, 6.45) is 2.97. The highest BCUT2D eigenvalue weighted by atomic mass is 32.2. The third-order valence-corrected chi connectivity index (χ3v) is 3.33. The van der Waals surface area contributed by atoms with Crippen molar-refractivity contribution in [1.29, 1.82) is 0 Å². The van der Waals surface area contributed by atoms with Gasteiger partial charge in [-0.25, -0.2) is 13.1 Å². The van der Waals surface area contributed by atoms with Crippen LogP contribution in [0.4, 0.5) is 0 Å². The minimum Gasteiger partial charge on any atom is -0.263 e. The summed E-state index contributed by atoms with van der Waals surface area (Å²) in [6, 6.07) is 1.60. The third kappa shape index (κ3) is 3.60. The minimum absolute atomic E-state index is 0.206. The van der Waals surface area contributed by atoms with Crippen LogP contribution in [-0.4, -0.2) is 18.9 Å². The quantitative estimate of drug-likeness (QED) is 0.833. The molecule has 0 radical (unpaired) electrons. The molecule has 0 aliphatic rings. The fraction of sp³-hybridized carbons (Fsp3) is 0.500. The van der Waals surface area contributed by atoms with Crippen LogP contribution in [-0.2, 0) is 10.0 Å². The van der Waals surface area contributed by atoms with Gasteiger partial charge in [-0.3, -0.25) is 4.98 Å². The molecule has 0 saturated carbocycles. The van der Waals surface area contributed by atoms with Crippen molar-refractivity contribution in [2.24, 2.45) is 0 Å². The largest absolute Gasteiger partial charge is 0.263 e. The van der Waals surface area contributed by atoms with E-state index in [4.69, 9.17) is 0 Å². The van der Waals surface area contributed by atoms with Crippen molar-refractivity contribution in [2.75, 3.05) is 0 Å². The van der Waals surface area contributed by atoms with Crippen LogP contribution < -0.4 is 4.72 Å². The van der Waals surface area contributed by atoms with E-state index < -0.39 is 15.6 Å². The van der Waals surface area contributed by atoms with Gasteiger partial charge in [-0.2, -0.15) is 0 Å². The van der Waals surface area contributed by atoms with Crippen LogP contribution in [0.15, 0.2) is 23.4 Å². The fourth-order valence-corrected chi connectivity index (χ4v) is 2.60. The second-order valence-corrected chi connectivity index (χ2v) is 6.24. The summed E-state index contributed by atoms with van der Waals surface area (Å²) in [6.45, 7) is 7.21. The Kier molecular flexibility index (Phi) is 3.16. The average molecular weight is 228 g/mol. The molecule has 0 fully saturated rings. The molecule has 0 aliphatic heterocycles. The SMILES string of the molecule is Cc1cncc(S(=O)(=O)NC(C)(C)C)c1. The number of sulfonamides is 1. The smallest absolute Gasteiger partial charge is 0.242 e. The number of aromatic nitrogens is 1. The van der Waals surface area contributed by atoms with E-state index in [9.17, 15) is 8.42 Å². The third-order valence-electron chi connectivity index (χ3n) is 1.60. The Morgan fingerprint density at radius 1 is 1.27 bits per heavy atom. The molecule has 84 valence electrons. The van der Waals surface area contributed by atoms with E-state index in [1.54, 1.807) is 33.0 Å². The van der Waals surface area contributed by atoms with Gasteiger partial charge in [0.25, 0.3) is 0 Å². The maximum atomic E-state index is 11.8. The molecule has 0 bridgehead atoms. The molecule has 5 heteroatoms. The summed E-state index contributed by atoms with van der Waals surface area (Å²) in [4.78, 5) is 4.07. The number of rotatable bonds is 2. The average Bonchev–Trinajstić information content (AvgIpc) is 1.99. The molecule has 0 saturated heterocycles. The number of pyridine rings is 1. The zero-order valence-electron chi connectivity index (χ0n) is 9.40. The molecular formula is C10H16N2O2S. The highest BCUT2D eigenvalue weighted by molar-refractivity contribution is 7.89. The van der Waals surface area contributed by atoms with E-state index in [-0.39, 0.29) is 4.90 Å². The summed E-state index contributed by atoms with van der Waals surface area (Å²) < 4.78 is 26.3. The van der Waals surface area contributed by atoms with Crippen LogP contribution in [0, 0.1) is 6.92 Å². The maximum Gasteiger partial charge on any atom is 0.242 e. The van der Waals surface area contributed by atoms with Crippen molar-refractivity contribution in [3.05, 3.63) is 24.0 Å². The first-order valence-corrected chi connectivity index (χ1v) is 6.15. The molecular weight excluding hydrogens is 212 g/mol. The molecule has 15 heavy (non-hydrogen) atoms. The van der Waals surface area contributed by atoms with Crippen molar-refractivity contribution in [1.82, 2.24) is 9.71 Å². The second kappa shape index (κ2) is 3.90. The molecule has 0 atom stereocenters. The first-order valence-electron chi connectivity index (χ1n) is 4.66. The summed E-state index contributed by atoms with van der Waals surface area (Å²) in [7, 11) is -3.45. The molecule has 0 aromatic carbocycles. The standard InChI is InChI=1S/C10H16N2O2S/c1-8-5-9(7-11-6-8)15(13,14)12-10(2,3)4/h5-7,12H,1-4H3. The molecule has 1 heterocycles. The van der Waals surface area contributed by atoms with Crippen LogP contribution >= 0.6 is 0 Å². The second-order valence-electron chi connectivity index (χ2n) is 4.55. The van der Waals surface area contributed by atoms with Crippen molar-refractivity contribution in [2.45, 2.75) is 38.1 Å². The van der Waals surface area contributed by atoms with Crippen molar-refractivity contribution in [3.8, 4) is 0 Å². The molecule has 1 N–H and O–H groups in total. The minimum atomic E-state index is -3.45. The molecule has 0 spiro atoms. The van der Waals surface area contributed by atoms with E-state index in [1.165, 1.54) is 6.20 Å². The summed E-state index contributed by atoms with van der Waals surface area (Å²) in [5, 5.41) is 0. The van der Waals surface area contributed by atoms with Gasteiger partial charge in [-0.1, -0.05) is 0 Å². The number of aryl methyl sites for hydroxylation is 1. The van der Waals surface area contributed by atoms with E-state index >= 15 is 0 Å². The highest BCUT2D eigenvalue weighted by Crippen LogP contribution is 2.12. The zero-order valence-corrected chi connectivity index (χ0v) is 10.2. The van der Waals surface area contributed by atoms with Gasteiger partial charge in [-0.05, 0) is 39.3 Å². The van der Waals surface area contributed by atoms with Crippen LogP contribution in [0.25, 0.3) is 0 Å². The lowest BCUT2D eigenvalue weighted by Gasteiger charge is -2.20. The molecule has 4 nitrogen and oxygen atoms in total. The Hall–Kier alpha value is -0.940. The Labute approximate surface area is 90.8 Å². The predicted molar refractivity (Wildman–Crippen MR) is 59.0 cm³/mol. The first kappa shape index (κ1) is 12.1. The summed E-state index contributed by atoms with van der Waals surface area (Å²) in [5.74, 6) is 0. The van der Waals surface area contributed by atoms with Gasteiger partial charge in [0, 0.05) is 17.9 Å². The normalized spacial score (nSPS) is 12.8. The first-order chi connectivity index (χ1) is 6.71. The molecule has 0 unspecified atom stereocenters. The fourth-order valence-electron chi connectivity index (χ4n) is 1.14. The number of nitrogens with one attached hydrogen (secondary N) is 1. The van der Waals surface area contributed by atoms with Crippen molar-refractivity contribution in [3.63, 3.8) is 0 Å². The van der Waals surface area contributed by atoms with Gasteiger partial charge in [-0.15, -0.1) is 0 Å². The van der Waals surface area contributed by atoms with Crippen molar-refractivity contribution < 1.29 is 8.42 Å². The van der Waals surface area contributed by atoms with Crippen molar-refractivity contribution >= 4 is 10.0 Å². The number of hydrogen-bond acceptors (Lipinski definition) is 3. The van der Waals surface area contributed by atoms with E-state index in [1.807, 2.05) is 6.92 Å². The molecule has 0 aliphatic carbocycles. The molecule has 1 rings (SSSR count). The van der Waals surface area contributed by atoms with E-state index in [0.29, 0.717) is 0 Å². The zero-order chi connectivity index (χ0) is 11.7. The van der Waals surface area contributed by atoms with Crippen LogP contribution in [0.5, 0.6) is 0 Å². The monoisotopic (exact) mass is 228 g/mol. The molecule has 1 aromatic rings. The summed E-state index contributed by atoms with van der Waals surface area (Å²) >= 11 is 0. The van der Waals surface area contributed by atoms with E-state index in [2.05, 4.69) is 9.71 Å².